The van der Waals surface area contributed by atoms with Crippen LogP contribution in [0.4, 0.5) is 5.69 Å². The molecule has 0 amide bonds. The highest BCUT2D eigenvalue weighted by Crippen LogP contribution is 2.28. The molecule has 0 aliphatic rings. The van der Waals surface area contributed by atoms with Gasteiger partial charge in [-0.25, -0.2) is 13.4 Å². The number of H-pyrrole nitrogens is 1. The van der Waals surface area contributed by atoms with Crippen molar-refractivity contribution in [3.05, 3.63) is 81.9 Å². The van der Waals surface area contributed by atoms with Gasteiger partial charge in [0.05, 0.1) is 6.26 Å². The van der Waals surface area contributed by atoms with Gasteiger partial charge in [-0.1, -0.05) is 51.1 Å². The van der Waals surface area contributed by atoms with Crippen molar-refractivity contribution in [3.63, 3.8) is 0 Å². The first-order valence-corrected chi connectivity index (χ1v) is 11.4. The molecule has 0 saturated heterocycles. The molecule has 2 aromatic carbocycles. The second-order valence-corrected chi connectivity index (χ2v) is 9.94. The van der Waals surface area contributed by atoms with Crippen molar-refractivity contribution in [1.29, 1.82) is 0 Å². The maximum Gasteiger partial charge on any atom is 0.274 e. The van der Waals surface area contributed by atoms with Gasteiger partial charge in [0, 0.05) is 23.6 Å². The zero-order valence-corrected chi connectivity index (χ0v) is 18.2. The normalized spacial score (nSPS) is 12.3. The Kier molecular flexibility index (Phi) is 5.94. The number of nitrogens with zero attached hydrogens (tertiary/aromatic N) is 1. The molecule has 0 saturated carbocycles. The van der Waals surface area contributed by atoms with E-state index in [1.165, 1.54) is 6.20 Å². The SMILES string of the molecule is CC(C)(C)c1cc(/C=C/c2ccc(NS(C)(=O)=O)cc2)cc(-c2ncc[nH]c2=O)c1. The molecule has 0 aliphatic heterocycles. The fraction of sp³-hybridized carbons (Fsp3) is 0.217. The highest BCUT2D eigenvalue weighted by Gasteiger charge is 2.16. The van der Waals surface area contributed by atoms with Crippen LogP contribution in [0.1, 0.15) is 37.5 Å². The number of anilines is 1. The molecule has 0 radical (unpaired) electrons. The number of nitrogens with one attached hydrogen (secondary N) is 2. The third kappa shape index (κ3) is 5.67. The van der Waals surface area contributed by atoms with Crippen LogP contribution in [-0.2, 0) is 15.4 Å². The summed E-state index contributed by atoms with van der Waals surface area (Å²) >= 11 is 0. The van der Waals surface area contributed by atoms with E-state index < -0.39 is 10.0 Å². The number of hydrogen-bond donors (Lipinski definition) is 2. The summed E-state index contributed by atoms with van der Waals surface area (Å²) in [5.74, 6) is 0. The maximum atomic E-state index is 12.2. The standard InChI is InChI=1S/C23H25N3O3S/c1-23(2,3)19-14-17(13-18(15-19)21-22(27)25-12-11-24-21)6-5-16-7-9-20(10-8-16)26-30(4,28)29/h5-15,26H,1-4H3,(H,25,27)/b6-5+. The molecule has 3 rings (SSSR count). The Morgan fingerprint density at radius 1 is 1.00 bits per heavy atom. The number of sulfonamides is 1. The van der Waals surface area contributed by atoms with E-state index in [9.17, 15) is 13.2 Å². The van der Waals surface area contributed by atoms with Crippen LogP contribution in [0.25, 0.3) is 23.4 Å². The summed E-state index contributed by atoms with van der Waals surface area (Å²) in [7, 11) is -3.30. The van der Waals surface area contributed by atoms with Crippen LogP contribution in [0.15, 0.2) is 59.7 Å². The van der Waals surface area contributed by atoms with Crippen LogP contribution >= 0.6 is 0 Å². The van der Waals surface area contributed by atoms with E-state index in [1.54, 1.807) is 18.3 Å². The molecule has 0 spiro atoms. The smallest absolute Gasteiger partial charge is 0.274 e. The first kappa shape index (κ1) is 21.5. The summed E-state index contributed by atoms with van der Waals surface area (Å²) in [4.78, 5) is 19.1. The fourth-order valence-electron chi connectivity index (χ4n) is 2.94. The minimum Gasteiger partial charge on any atom is -0.326 e. The second-order valence-electron chi connectivity index (χ2n) is 8.19. The van der Waals surface area contributed by atoms with Crippen LogP contribution in [0.2, 0.25) is 0 Å². The Morgan fingerprint density at radius 2 is 1.67 bits per heavy atom. The third-order valence-electron chi connectivity index (χ3n) is 4.48. The molecule has 0 unspecified atom stereocenters. The molecule has 0 bridgehead atoms. The average molecular weight is 424 g/mol. The van der Waals surface area contributed by atoms with Crippen molar-refractivity contribution in [3.8, 4) is 11.3 Å². The van der Waals surface area contributed by atoms with E-state index in [4.69, 9.17) is 0 Å². The maximum absolute atomic E-state index is 12.2. The highest BCUT2D eigenvalue weighted by molar-refractivity contribution is 7.92. The van der Waals surface area contributed by atoms with Crippen molar-refractivity contribution >= 4 is 27.9 Å². The summed E-state index contributed by atoms with van der Waals surface area (Å²) in [6.45, 7) is 6.36. The summed E-state index contributed by atoms with van der Waals surface area (Å²) in [6.07, 6.45) is 8.12. The van der Waals surface area contributed by atoms with Crippen molar-refractivity contribution in [1.82, 2.24) is 9.97 Å². The van der Waals surface area contributed by atoms with E-state index in [1.807, 2.05) is 36.4 Å². The lowest BCUT2D eigenvalue weighted by molar-refractivity contribution is 0.590. The summed E-state index contributed by atoms with van der Waals surface area (Å²) < 4.78 is 25.1. The largest absolute Gasteiger partial charge is 0.326 e. The third-order valence-corrected chi connectivity index (χ3v) is 5.09. The Balaban J connectivity index is 1.96. The molecule has 6 nitrogen and oxygen atoms in total. The molecule has 0 fully saturated rings. The van der Waals surface area contributed by atoms with Gasteiger partial charge in [0.25, 0.3) is 5.56 Å². The van der Waals surface area contributed by atoms with E-state index in [2.05, 4.69) is 41.5 Å². The first-order chi connectivity index (χ1) is 14.0. The minimum atomic E-state index is -3.30. The Hall–Kier alpha value is -3.19. The number of rotatable bonds is 5. The summed E-state index contributed by atoms with van der Waals surface area (Å²) in [5, 5.41) is 0. The molecular weight excluding hydrogens is 398 g/mol. The van der Waals surface area contributed by atoms with Gasteiger partial charge in [-0.05, 0) is 46.4 Å². The predicted molar refractivity (Wildman–Crippen MR) is 123 cm³/mol. The molecule has 2 N–H and O–H groups in total. The molecule has 0 atom stereocenters. The lowest BCUT2D eigenvalue weighted by atomic mass is 9.84. The van der Waals surface area contributed by atoms with Crippen molar-refractivity contribution in [2.45, 2.75) is 26.2 Å². The average Bonchev–Trinajstić information content (AvgIpc) is 2.66. The van der Waals surface area contributed by atoms with Gasteiger partial charge < -0.3 is 4.98 Å². The van der Waals surface area contributed by atoms with Crippen molar-refractivity contribution in [2.24, 2.45) is 0 Å². The zero-order valence-electron chi connectivity index (χ0n) is 17.4. The van der Waals surface area contributed by atoms with Gasteiger partial charge in [-0.3, -0.25) is 9.52 Å². The van der Waals surface area contributed by atoms with Gasteiger partial charge in [-0.2, -0.15) is 0 Å². The lowest BCUT2D eigenvalue weighted by Crippen LogP contribution is -2.13. The molecule has 1 heterocycles. The topological polar surface area (TPSA) is 91.9 Å². The van der Waals surface area contributed by atoms with Crippen LogP contribution in [-0.4, -0.2) is 24.6 Å². The molecular formula is C23H25N3O3S. The van der Waals surface area contributed by atoms with Gasteiger partial charge >= 0.3 is 0 Å². The van der Waals surface area contributed by atoms with Gasteiger partial charge in [0.15, 0.2) is 0 Å². The molecule has 3 aromatic rings. The first-order valence-electron chi connectivity index (χ1n) is 9.47. The fourth-order valence-corrected chi connectivity index (χ4v) is 3.51. The van der Waals surface area contributed by atoms with E-state index in [0.717, 1.165) is 28.5 Å². The van der Waals surface area contributed by atoms with Crippen molar-refractivity contribution in [2.75, 3.05) is 11.0 Å². The van der Waals surface area contributed by atoms with Crippen LogP contribution in [0, 0.1) is 0 Å². The monoisotopic (exact) mass is 423 g/mol. The van der Waals surface area contributed by atoms with Crippen LogP contribution < -0.4 is 10.3 Å². The van der Waals surface area contributed by atoms with Gasteiger partial charge in [0.2, 0.25) is 10.0 Å². The Labute approximate surface area is 176 Å². The summed E-state index contributed by atoms with van der Waals surface area (Å²) in [6, 6.07) is 13.1. The van der Waals surface area contributed by atoms with E-state index >= 15 is 0 Å². The van der Waals surface area contributed by atoms with Crippen LogP contribution in [0.3, 0.4) is 0 Å². The van der Waals surface area contributed by atoms with Gasteiger partial charge in [0.1, 0.15) is 5.69 Å². The van der Waals surface area contributed by atoms with Crippen molar-refractivity contribution < 1.29 is 8.42 Å². The Morgan fingerprint density at radius 3 is 2.27 bits per heavy atom. The quantitative estimate of drug-likeness (QED) is 0.599. The lowest BCUT2D eigenvalue weighted by Gasteiger charge is -2.20. The van der Waals surface area contributed by atoms with Gasteiger partial charge in [-0.15, -0.1) is 0 Å². The number of hydrogen-bond acceptors (Lipinski definition) is 4. The highest BCUT2D eigenvalue weighted by atomic mass is 32.2. The minimum absolute atomic E-state index is 0.0981. The van der Waals surface area contributed by atoms with E-state index in [-0.39, 0.29) is 11.0 Å². The molecule has 1 aromatic heterocycles. The number of aromatic amines is 1. The molecule has 7 heteroatoms. The zero-order chi connectivity index (χ0) is 21.9. The molecule has 156 valence electrons. The molecule has 0 aliphatic carbocycles. The van der Waals surface area contributed by atoms with E-state index in [0.29, 0.717) is 11.4 Å². The predicted octanol–water partition coefficient (Wildman–Crippen LogP) is 4.28. The summed E-state index contributed by atoms with van der Waals surface area (Å²) in [5.41, 5.74) is 4.30. The molecule has 30 heavy (non-hydrogen) atoms. The Bertz CT molecular complexity index is 1240. The number of aromatic nitrogens is 2. The second kappa shape index (κ2) is 8.28. The number of benzene rings is 2. The van der Waals surface area contributed by atoms with Crippen LogP contribution in [0.5, 0.6) is 0 Å².